The molecule has 3 heteroatoms. The number of aliphatic hydroxyl groups is 1. The third-order valence-corrected chi connectivity index (χ3v) is 1.46. The Hall–Kier alpha value is -0.120. The van der Waals surface area contributed by atoms with Crippen LogP contribution in [0.5, 0.6) is 0 Å². The molecule has 60 valence electrons. The van der Waals surface area contributed by atoms with Gasteiger partial charge in [0.1, 0.15) is 6.10 Å². The van der Waals surface area contributed by atoms with Crippen LogP contribution in [0.25, 0.3) is 0 Å². The fraction of sp³-hybridized carbons (Fsp3) is 1.00. The first-order valence-corrected chi connectivity index (χ1v) is 3.71. The highest BCUT2D eigenvalue weighted by Crippen LogP contribution is 2.10. The minimum atomic E-state index is 0.190. The van der Waals surface area contributed by atoms with Crippen LogP contribution in [-0.2, 0) is 9.47 Å². The molecule has 2 aliphatic rings. The SMILES string of the molecule is CCC1CO1.OCC1CO1. The highest BCUT2D eigenvalue weighted by Gasteiger charge is 2.19. The van der Waals surface area contributed by atoms with Crippen molar-refractivity contribution >= 4 is 0 Å². The summed E-state index contributed by atoms with van der Waals surface area (Å²) in [6.45, 7) is 4.10. The first-order chi connectivity index (χ1) is 4.86. The molecule has 10 heavy (non-hydrogen) atoms. The highest BCUT2D eigenvalue weighted by molar-refractivity contribution is 4.65. The maximum Gasteiger partial charge on any atom is 0.104 e. The molecule has 2 atom stereocenters. The largest absolute Gasteiger partial charge is 0.394 e. The molecule has 3 nitrogen and oxygen atoms in total. The molecule has 1 N–H and O–H groups in total. The molecule has 2 rings (SSSR count). The van der Waals surface area contributed by atoms with E-state index in [9.17, 15) is 0 Å². The van der Waals surface area contributed by atoms with Gasteiger partial charge in [-0.15, -0.1) is 0 Å². The van der Waals surface area contributed by atoms with Gasteiger partial charge in [0.05, 0.1) is 25.9 Å². The van der Waals surface area contributed by atoms with Crippen molar-refractivity contribution in [1.29, 1.82) is 0 Å². The predicted molar refractivity (Wildman–Crippen MR) is 36.9 cm³/mol. The minimum absolute atomic E-state index is 0.190. The second-order valence-corrected chi connectivity index (χ2v) is 2.50. The predicted octanol–water partition coefficient (Wildman–Crippen LogP) is 0.173. The smallest absolute Gasteiger partial charge is 0.104 e. The van der Waals surface area contributed by atoms with Gasteiger partial charge >= 0.3 is 0 Å². The Morgan fingerprint density at radius 1 is 1.30 bits per heavy atom. The Bertz CT molecular complexity index is 74.9. The van der Waals surface area contributed by atoms with Gasteiger partial charge < -0.3 is 14.6 Å². The summed E-state index contributed by atoms with van der Waals surface area (Å²) in [5.74, 6) is 0. The molecule has 0 bridgehead atoms. The molecule has 2 saturated heterocycles. The second-order valence-electron chi connectivity index (χ2n) is 2.50. The molecular formula is C7H14O3. The van der Waals surface area contributed by atoms with Gasteiger partial charge in [-0.25, -0.2) is 0 Å². The van der Waals surface area contributed by atoms with Gasteiger partial charge in [0.25, 0.3) is 0 Å². The van der Waals surface area contributed by atoms with Gasteiger partial charge in [0.15, 0.2) is 0 Å². The van der Waals surface area contributed by atoms with Crippen molar-refractivity contribution in [2.45, 2.75) is 25.6 Å². The fourth-order valence-corrected chi connectivity index (χ4v) is 0.477. The third-order valence-electron chi connectivity index (χ3n) is 1.46. The lowest BCUT2D eigenvalue weighted by Crippen LogP contribution is -1.88. The van der Waals surface area contributed by atoms with Crippen molar-refractivity contribution in [3.05, 3.63) is 0 Å². The van der Waals surface area contributed by atoms with E-state index in [1.165, 1.54) is 6.42 Å². The molecule has 0 aromatic carbocycles. The van der Waals surface area contributed by atoms with Gasteiger partial charge in [0, 0.05) is 0 Å². The minimum Gasteiger partial charge on any atom is -0.394 e. The molecule has 0 radical (unpaired) electrons. The molecule has 2 aliphatic heterocycles. The number of rotatable bonds is 2. The average molecular weight is 146 g/mol. The zero-order valence-corrected chi connectivity index (χ0v) is 6.25. The van der Waals surface area contributed by atoms with Crippen molar-refractivity contribution in [3.8, 4) is 0 Å². The molecule has 2 fully saturated rings. The summed E-state index contributed by atoms with van der Waals surface area (Å²) < 4.78 is 9.47. The highest BCUT2D eigenvalue weighted by atomic mass is 16.6. The lowest BCUT2D eigenvalue weighted by atomic mass is 10.4. The molecule has 0 spiro atoms. The Morgan fingerprint density at radius 2 is 1.80 bits per heavy atom. The summed E-state index contributed by atoms with van der Waals surface area (Å²) in [7, 11) is 0. The lowest BCUT2D eigenvalue weighted by Gasteiger charge is -1.70. The zero-order chi connectivity index (χ0) is 7.40. The summed E-state index contributed by atoms with van der Waals surface area (Å²) in [5, 5.41) is 8.08. The topological polar surface area (TPSA) is 45.3 Å². The second kappa shape index (κ2) is 3.91. The van der Waals surface area contributed by atoms with Gasteiger partial charge in [-0.2, -0.15) is 0 Å². The van der Waals surface area contributed by atoms with Crippen LogP contribution < -0.4 is 0 Å². The summed E-state index contributed by atoms with van der Waals surface area (Å²) in [6, 6.07) is 0. The van der Waals surface area contributed by atoms with Crippen molar-refractivity contribution in [1.82, 2.24) is 0 Å². The molecule has 0 aromatic heterocycles. The van der Waals surface area contributed by atoms with Crippen molar-refractivity contribution < 1.29 is 14.6 Å². The van der Waals surface area contributed by atoms with E-state index in [-0.39, 0.29) is 12.7 Å². The first-order valence-electron chi connectivity index (χ1n) is 3.71. The van der Waals surface area contributed by atoms with Crippen LogP contribution in [0.1, 0.15) is 13.3 Å². The van der Waals surface area contributed by atoms with Crippen LogP contribution in [-0.4, -0.2) is 37.1 Å². The van der Waals surface area contributed by atoms with E-state index >= 15 is 0 Å². The molecule has 2 heterocycles. The Kier molecular flexibility index (Phi) is 3.12. The zero-order valence-electron chi connectivity index (χ0n) is 6.25. The van der Waals surface area contributed by atoms with E-state index in [1.54, 1.807) is 0 Å². The van der Waals surface area contributed by atoms with Crippen LogP contribution in [0.4, 0.5) is 0 Å². The van der Waals surface area contributed by atoms with Gasteiger partial charge in [0.2, 0.25) is 0 Å². The van der Waals surface area contributed by atoms with E-state index in [0.29, 0.717) is 6.10 Å². The number of aliphatic hydroxyl groups excluding tert-OH is 1. The third kappa shape index (κ3) is 3.82. The number of ether oxygens (including phenoxy) is 2. The Labute approximate surface area is 60.9 Å². The molecule has 0 aliphatic carbocycles. The maximum absolute atomic E-state index is 8.08. The van der Waals surface area contributed by atoms with Gasteiger partial charge in [-0.05, 0) is 6.42 Å². The molecule has 2 unspecified atom stereocenters. The van der Waals surface area contributed by atoms with E-state index in [1.807, 2.05) is 0 Å². The van der Waals surface area contributed by atoms with E-state index in [2.05, 4.69) is 11.7 Å². The maximum atomic E-state index is 8.08. The quantitative estimate of drug-likeness (QED) is 0.565. The molecule has 0 aromatic rings. The lowest BCUT2D eigenvalue weighted by molar-refractivity contribution is 0.244. The normalized spacial score (nSPS) is 34.2. The first kappa shape index (κ1) is 7.98. The Balaban J connectivity index is 0.0000001000. The van der Waals surface area contributed by atoms with Crippen molar-refractivity contribution in [3.63, 3.8) is 0 Å². The van der Waals surface area contributed by atoms with E-state index in [0.717, 1.165) is 13.2 Å². The fourth-order valence-electron chi connectivity index (χ4n) is 0.477. The molecular weight excluding hydrogens is 132 g/mol. The summed E-state index contributed by atoms with van der Waals surface area (Å²) in [5.41, 5.74) is 0. The standard InChI is InChI=1S/C4H8O.C3H6O2/c1-2-4-3-5-4;4-1-3-2-5-3/h4H,2-3H2,1H3;3-4H,1-2H2. The van der Waals surface area contributed by atoms with Gasteiger partial charge in [-0.1, -0.05) is 6.92 Å². The van der Waals surface area contributed by atoms with E-state index in [4.69, 9.17) is 9.84 Å². The van der Waals surface area contributed by atoms with Crippen molar-refractivity contribution in [2.75, 3.05) is 19.8 Å². The van der Waals surface area contributed by atoms with Crippen LogP contribution in [0.15, 0.2) is 0 Å². The average Bonchev–Trinajstić information content (AvgIpc) is 2.86. The van der Waals surface area contributed by atoms with Crippen LogP contribution in [0, 0.1) is 0 Å². The molecule has 0 amide bonds. The molecule has 0 saturated carbocycles. The summed E-state index contributed by atoms with van der Waals surface area (Å²) in [4.78, 5) is 0. The van der Waals surface area contributed by atoms with E-state index < -0.39 is 0 Å². The Morgan fingerprint density at radius 3 is 1.80 bits per heavy atom. The van der Waals surface area contributed by atoms with Gasteiger partial charge in [-0.3, -0.25) is 0 Å². The monoisotopic (exact) mass is 146 g/mol. The summed E-state index contributed by atoms with van der Waals surface area (Å²) in [6.07, 6.45) is 2.02. The number of hydrogen-bond donors (Lipinski definition) is 1. The van der Waals surface area contributed by atoms with Crippen LogP contribution in [0.3, 0.4) is 0 Å². The number of hydrogen-bond acceptors (Lipinski definition) is 3. The number of epoxide rings is 2. The van der Waals surface area contributed by atoms with Crippen LogP contribution in [0.2, 0.25) is 0 Å². The van der Waals surface area contributed by atoms with Crippen molar-refractivity contribution in [2.24, 2.45) is 0 Å². The van der Waals surface area contributed by atoms with Crippen LogP contribution >= 0.6 is 0 Å². The summed E-state index contributed by atoms with van der Waals surface area (Å²) >= 11 is 0.